The lowest BCUT2D eigenvalue weighted by Gasteiger charge is -2.28. The highest BCUT2D eigenvalue weighted by Crippen LogP contribution is 2.40. The first-order valence-electron chi connectivity index (χ1n) is 8.15. The molecule has 0 radical (unpaired) electrons. The Kier molecular flexibility index (Phi) is 5.83. The molecule has 1 aliphatic rings. The molecule has 0 spiro atoms. The van der Waals surface area contributed by atoms with Crippen LogP contribution in [0.5, 0.6) is 0 Å². The second-order valence-electron chi connectivity index (χ2n) is 6.15. The van der Waals surface area contributed by atoms with Crippen LogP contribution in [-0.4, -0.2) is 19.6 Å². The number of benzene rings is 1. The number of nitriles is 1. The van der Waals surface area contributed by atoms with Crippen LogP contribution in [0.2, 0.25) is 0 Å². The summed E-state index contributed by atoms with van der Waals surface area (Å²) in [5.41, 5.74) is 2.29. The summed E-state index contributed by atoms with van der Waals surface area (Å²) in [4.78, 5) is 4.31. The van der Waals surface area contributed by atoms with Crippen molar-refractivity contribution in [3.8, 4) is 6.07 Å². The molecule has 0 heterocycles. The van der Waals surface area contributed by atoms with E-state index in [4.69, 9.17) is 5.26 Å². The molecular formula is C18H26N4. The molecule has 1 aliphatic carbocycles. The fourth-order valence-corrected chi connectivity index (χ4v) is 3.16. The summed E-state index contributed by atoms with van der Waals surface area (Å²) in [6.07, 6.45) is 6.58. The van der Waals surface area contributed by atoms with Crippen molar-refractivity contribution >= 4 is 5.96 Å². The molecule has 0 amide bonds. The van der Waals surface area contributed by atoms with Gasteiger partial charge in [0.1, 0.15) is 0 Å². The fourth-order valence-electron chi connectivity index (χ4n) is 3.16. The Balaban J connectivity index is 1.83. The summed E-state index contributed by atoms with van der Waals surface area (Å²) in [6, 6.07) is 9.78. The summed E-state index contributed by atoms with van der Waals surface area (Å²) >= 11 is 0. The third-order valence-electron chi connectivity index (χ3n) is 4.81. The molecule has 1 saturated carbocycles. The minimum Gasteiger partial charge on any atom is -0.356 e. The van der Waals surface area contributed by atoms with Crippen molar-refractivity contribution in [3.63, 3.8) is 0 Å². The number of guanidine groups is 1. The van der Waals surface area contributed by atoms with E-state index in [2.05, 4.69) is 28.6 Å². The van der Waals surface area contributed by atoms with E-state index in [1.54, 1.807) is 7.05 Å². The Bertz CT molecular complexity index is 533. The molecule has 0 aliphatic heterocycles. The normalized spacial score (nSPS) is 17.0. The first-order chi connectivity index (χ1) is 10.7. The molecule has 4 heteroatoms. The van der Waals surface area contributed by atoms with Crippen LogP contribution in [0, 0.1) is 16.7 Å². The lowest BCUT2D eigenvalue weighted by atomic mass is 9.83. The molecule has 1 aromatic carbocycles. The Hall–Kier alpha value is -2.02. The maximum absolute atomic E-state index is 8.81. The van der Waals surface area contributed by atoms with Gasteiger partial charge < -0.3 is 10.6 Å². The zero-order valence-electron chi connectivity index (χ0n) is 13.7. The molecule has 22 heavy (non-hydrogen) atoms. The lowest BCUT2D eigenvalue weighted by Crippen LogP contribution is -2.42. The number of nitrogens with zero attached hydrogens (tertiary/aromatic N) is 2. The molecule has 1 aromatic rings. The molecule has 0 bridgehead atoms. The second-order valence-corrected chi connectivity index (χ2v) is 6.15. The van der Waals surface area contributed by atoms with Gasteiger partial charge in [0.2, 0.25) is 0 Å². The first kappa shape index (κ1) is 16.4. The standard InChI is InChI=1S/C18H26N4/c1-3-18(10-4-5-11-18)14-22-17(20-2)21-13-16-8-6-15(12-19)7-9-16/h6-9H,3-5,10-11,13-14H2,1-2H3,(H2,20,21,22). The van der Waals surface area contributed by atoms with Crippen molar-refractivity contribution in [1.29, 1.82) is 5.26 Å². The van der Waals surface area contributed by atoms with Gasteiger partial charge in [-0.1, -0.05) is 31.9 Å². The van der Waals surface area contributed by atoms with Crippen molar-refractivity contribution in [3.05, 3.63) is 35.4 Å². The molecule has 2 N–H and O–H groups in total. The van der Waals surface area contributed by atoms with Crippen LogP contribution in [0.15, 0.2) is 29.3 Å². The molecule has 0 saturated heterocycles. The monoisotopic (exact) mass is 298 g/mol. The van der Waals surface area contributed by atoms with E-state index in [0.29, 0.717) is 17.5 Å². The van der Waals surface area contributed by atoms with Crippen LogP contribution >= 0.6 is 0 Å². The van der Waals surface area contributed by atoms with Gasteiger partial charge in [-0.25, -0.2) is 0 Å². The van der Waals surface area contributed by atoms with Gasteiger partial charge in [0.25, 0.3) is 0 Å². The minimum absolute atomic E-state index is 0.450. The highest BCUT2D eigenvalue weighted by Gasteiger charge is 2.31. The highest BCUT2D eigenvalue weighted by molar-refractivity contribution is 5.79. The number of nitrogens with one attached hydrogen (secondary N) is 2. The van der Waals surface area contributed by atoms with Gasteiger partial charge in [-0.2, -0.15) is 5.26 Å². The molecule has 118 valence electrons. The fraction of sp³-hybridized carbons (Fsp3) is 0.556. The Morgan fingerprint density at radius 2 is 1.91 bits per heavy atom. The van der Waals surface area contributed by atoms with E-state index in [1.165, 1.54) is 32.1 Å². The largest absolute Gasteiger partial charge is 0.356 e. The van der Waals surface area contributed by atoms with Crippen molar-refractivity contribution in [2.75, 3.05) is 13.6 Å². The molecule has 0 unspecified atom stereocenters. The third-order valence-corrected chi connectivity index (χ3v) is 4.81. The van der Waals surface area contributed by atoms with Gasteiger partial charge >= 0.3 is 0 Å². The smallest absolute Gasteiger partial charge is 0.191 e. The summed E-state index contributed by atoms with van der Waals surface area (Å²) < 4.78 is 0. The SMILES string of the molecule is CCC1(CNC(=NC)NCc2ccc(C#N)cc2)CCCC1. The van der Waals surface area contributed by atoms with Crippen LogP contribution in [0.1, 0.15) is 50.2 Å². The molecule has 0 aromatic heterocycles. The molecule has 0 atom stereocenters. The topological polar surface area (TPSA) is 60.2 Å². The molecule has 2 rings (SSSR count). The van der Waals surface area contributed by atoms with E-state index in [9.17, 15) is 0 Å². The van der Waals surface area contributed by atoms with E-state index in [0.717, 1.165) is 18.1 Å². The predicted molar refractivity (Wildman–Crippen MR) is 90.6 cm³/mol. The molecule has 4 nitrogen and oxygen atoms in total. The van der Waals surface area contributed by atoms with Gasteiger partial charge in [-0.15, -0.1) is 0 Å². The van der Waals surface area contributed by atoms with Crippen LogP contribution in [0.4, 0.5) is 0 Å². The summed E-state index contributed by atoms with van der Waals surface area (Å²) in [5, 5.41) is 15.6. The maximum atomic E-state index is 8.81. The van der Waals surface area contributed by atoms with Crippen molar-refractivity contribution in [2.45, 2.75) is 45.6 Å². The van der Waals surface area contributed by atoms with Gasteiger partial charge in [0.15, 0.2) is 5.96 Å². The quantitative estimate of drug-likeness (QED) is 0.648. The zero-order valence-corrected chi connectivity index (χ0v) is 13.7. The van der Waals surface area contributed by atoms with Crippen molar-refractivity contribution in [2.24, 2.45) is 10.4 Å². The number of aliphatic imine (C=N–C) groups is 1. The van der Waals surface area contributed by atoms with Crippen LogP contribution in [0.25, 0.3) is 0 Å². The second kappa shape index (κ2) is 7.84. The minimum atomic E-state index is 0.450. The van der Waals surface area contributed by atoms with Gasteiger partial charge in [-0.05, 0) is 42.4 Å². The van der Waals surface area contributed by atoms with E-state index in [-0.39, 0.29) is 0 Å². The van der Waals surface area contributed by atoms with Gasteiger partial charge in [-0.3, -0.25) is 4.99 Å². The predicted octanol–water partition coefficient (Wildman–Crippen LogP) is 3.19. The summed E-state index contributed by atoms with van der Waals surface area (Å²) in [6.45, 7) is 4.00. The van der Waals surface area contributed by atoms with Crippen molar-refractivity contribution in [1.82, 2.24) is 10.6 Å². The van der Waals surface area contributed by atoms with E-state index in [1.807, 2.05) is 24.3 Å². The Labute approximate surface area is 133 Å². The maximum Gasteiger partial charge on any atom is 0.191 e. The van der Waals surface area contributed by atoms with Crippen LogP contribution in [-0.2, 0) is 6.54 Å². The van der Waals surface area contributed by atoms with Crippen LogP contribution in [0.3, 0.4) is 0 Å². The number of hydrogen-bond donors (Lipinski definition) is 2. The summed E-state index contributed by atoms with van der Waals surface area (Å²) in [7, 11) is 1.81. The number of hydrogen-bond acceptors (Lipinski definition) is 2. The summed E-state index contributed by atoms with van der Waals surface area (Å²) in [5.74, 6) is 0.851. The average molecular weight is 298 g/mol. The van der Waals surface area contributed by atoms with Crippen LogP contribution < -0.4 is 10.6 Å². The zero-order chi connectivity index (χ0) is 15.8. The van der Waals surface area contributed by atoms with E-state index >= 15 is 0 Å². The third kappa shape index (κ3) is 4.24. The lowest BCUT2D eigenvalue weighted by molar-refractivity contribution is 0.283. The Morgan fingerprint density at radius 1 is 1.23 bits per heavy atom. The first-order valence-corrected chi connectivity index (χ1v) is 8.15. The average Bonchev–Trinajstić information content (AvgIpc) is 3.05. The van der Waals surface area contributed by atoms with Gasteiger partial charge in [0.05, 0.1) is 11.6 Å². The van der Waals surface area contributed by atoms with Crippen molar-refractivity contribution < 1.29 is 0 Å². The Morgan fingerprint density at radius 3 is 2.45 bits per heavy atom. The van der Waals surface area contributed by atoms with Gasteiger partial charge in [0, 0.05) is 20.1 Å². The number of rotatable bonds is 5. The van der Waals surface area contributed by atoms with E-state index < -0.39 is 0 Å². The molecular weight excluding hydrogens is 272 g/mol. The highest BCUT2D eigenvalue weighted by atomic mass is 15.2. The molecule has 1 fully saturated rings.